The molecule has 0 saturated carbocycles. The van der Waals surface area contributed by atoms with Crippen molar-refractivity contribution in [3.63, 3.8) is 0 Å². The highest BCUT2D eigenvalue weighted by molar-refractivity contribution is 5.08. The minimum absolute atomic E-state index is 0.0791. The SMILES string of the molecule is CC(C)(C)C#CC([NH+]1CCOCC1)[NH+]1CCOCC1. The van der Waals surface area contributed by atoms with E-state index >= 15 is 0 Å². The van der Waals surface area contributed by atoms with Crippen molar-refractivity contribution in [2.24, 2.45) is 5.41 Å². The van der Waals surface area contributed by atoms with Gasteiger partial charge in [-0.2, -0.15) is 0 Å². The van der Waals surface area contributed by atoms with Crippen molar-refractivity contribution >= 4 is 0 Å². The molecule has 2 saturated heterocycles. The van der Waals surface area contributed by atoms with E-state index in [0.29, 0.717) is 6.17 Å². The molecule has 0 aromatic carbocycles. The first-order valence-electron chi connectivity index (χ1n) is 7.43. The second-order valence-corrected chi connectivity index (χ2v) is 6.49. The molecule has 4 heteroatoms. The summed E-state index contributed by atoms with van der Waals surface area (Å²) in [6.07, 6.45) is 0.382. The number of quaternary nitrogens is 2. The van der Waals surface area contributed by atoms with Gasteiger partial charge < -0.3 is 9.47 Å². The van der Waals surface area contributed by atoms with E-state index in [4.69, 9.17) is 9.47 Å². The van der Waals surface area contributed by atoms with Gasteiger partial charge in [0.05, 0.1) is 26.4 Å². The largest absolute Gasteiger partial charge is 0.370 e. The van der Waals surface area contributed by atoms with Crippen molar-refractivity contribution in [1.29, 1.82) is 0 Å². The van der Waals surface area contributed by atoms with Crippen LogP contribution in [-0.2, 0) is 9.47 Å². The predicted octanol–water partition coefficient (Wildman–Crippen LogP) is -1.81. The Labute approximate surface area is 117 Å². The van der Waals surface area contributed by atoms with Crippen molar-refractivity contribution in [3.05, 3.63) is 0 Å². The van der Waals surface area contributed by atoms with Gasteiger partial charge in [-0.05, 0) is 20.8 Å². The summed E-state index contributed by atoms with van der Waals surface area (Å²) in [6.45, 7) is 14.3. The van der Waals surface area contributed by atoms with Gasteiger partial charge in [-0.25, -0.2) is 0 Å². The highest BCUT2D eigenvalue weighted by Gasteiger charge is 2.33. The lowest BCUT2D eigenvalue weighted by Crippen LogP contribution is -3.37. The average molecular weight is 268 g/mol. The third-order valence-corrected chi connectivity index (χ3v) is 3.68. The van der Waals surface area contributed by atoms with Crippen LogP contribution in [0.2, 0.25) is 0 Å². The van der Waals surface area contributed by atoms with Gasteiger partial charge in [0.1, 0.15) is 26.2 Å². The predicted molar refractivity (Wildman–Crippen MR) is 74.1 cm³/mol. The molecule has 2 aliphatic rings. The van der Waals surface area contributed by atoms with Gasteiger partial charge in [-0.15, -0.1) is 0 Å². The Morgan fingerprint density at radius 2 is 1.26 bits per heavy atom. The summed E-state index contributed by atoms with van der Waals surface area (Å²) >= 11 is 0. The lowest BCUT2D eigenvalue weighted by atomic mass is 9.98. The molecule has 2 fully saturated rings. The molecule has 0 spiro atoms. The van der Waals surface area contributed by atoms with E-state index in [9.17, 15) is 0 Å². The van der Waals surface area contributed by atoms with Crippen LogP contribution < -0.4 is 9.80 Å². The Kier molecular flexibility index (Phi) is 5.23. The zero-order chi connectivity index (χ0) is 13.7. The van der Waals surface area contributed by atoms with E-state index in [1.165, 1.54) is 0 Å². The van der Waals surface area contributed by atoms with E-state index in [0.717, 1.165) is 52.6 Å². The van der Waals surface area contributed by atoms with E-state index in [2.05, 4.69) is 32.6 Å². The molecule has 0 aromatic heterocycles. The van der Waals surface area contributed by atoms with Crippen LogP contribution >= 0.6 is 0 Å². The molecule has 0 aliphatic carbocycles. The van der Waals surface area contributed by atoms with Crippen molar-refractivity contribution in [3.8, 4) is 11.8 Å². The molecule has 2 aliphatic heterocycles. The van der Waals surface area contributed by atoms with Gasteiger partial charge in [0, 0.05) is 11.3 Å². The maximum atomic E-state index is 5.48. The summed E-state index contributed by atoms with van der Waals surface area (Å²) in [7, 11) is 0. The van der Waals surface area contributed by atoms with Crippen LogP contribution in [0.5, 0.6) is 0 Å². The smallest absolute Gasteiger partial charge is 0.277 e. The highest BCUT2D eigenvalue weighted by atomic mass is 16.5. The first-order valence-corrected chi connectivity index (χ1v) is 7.43. The van der Waals surface area contributed by atoms with Crippen LogP contribution in [-0.4, -0.2) is 58.8 Å². The summed E-state index contributed by atoms with van der Waals surface area (Å²) in [5.41, 5.74) is 0.0791. The van der Waals surface area contributed by atoms with Crippen LogP contribution in [0.1, 0.15) is 20.8 Å². The summed E-state index contributed by atoms with van der Waals surface area (Å²) in [5.74, 6) is 7.01. The zero-order valence-electron chi connectivity index (χ0n) is 12.6. The van der Waals surface area contributed by atoms with Crippen LogP contribution in [0.25, 0.3) is 0 Å². The quantitative estimate of drug-likeness (QED) is 0.578. The molecule has 2 rings (SSSR count). The number of nitrogens with one attached hydrogen (secondary N) is 2. The molecule has 0 amide bonds. The Bertz CT molecular complexity index is 310. The second kappa shape index (κ2) is 6.71. The molecule has 2 N–H and O–H groups in total. The van der Waals surface area contributed by atoms with Gasteiger partial charge >= 0.3 is 0 Å². The van der Waals surface area contributed by atoms with E-state index < -0.39 is 0 Å². The Morgan fingerprint density at radius 3 is 1.63 bits per heavy atom. The molecule has 2 heterocycles. The Balaban J connectivity index is 2.08. The fraction of sp³-hybridized carbons (Fsp3) is 0.867. The molecule has 19 heavy (non-hydrogen) atoms. The van der Waals surface area contributed by atoms with Gasteiger partial charge in [0.25, 0.3) is 6.17 Å². The van der Waals surface area contributed by atoms with Gasteiger partial charge in [-0.1, -0.05) is 5.92 Å². The Morgan fingerprint density at radius 1 is 0.842 bits per heavy atom. The first-order chi connectivity index (χ1) is 9.06. The molecule has 0 aromatic rings. The molecule has 0 atom stereocenters. The average Bonchev–Trinajstić information content (AvgIpc) is 2.40. The second-order valence-electron chi connectivity index (χ2n) is 6.49. The van der Waals surface area contributed by atoms with Gasteiger partial charge in [0.15, 0.2) is 0 Å². The molecular formula is C15H28N2O2+2. The van der Waals surface area contributed by atoms with Crippen LogP contribution in [0.3, 0.4) is 0 Å². The highest BCUT2D eigenvalue weighted by Crippen LogP contribution is 2.09. The standard InChI is InChI=1S/C15H26N2O2/c1-15(2,3)5-4-14(16-6-10-18-11-7-16)17-8-12-19-13-9-17/h14H,6-13H2,1-3H3/p+2. The van der Waals surface area contributed by atoms with Crippen LogP contribution in [0.15, 0.2) is 0 Å². The Hall–Kier alpha value is -0.600. The molecule has 0 radical (unpaired) electrons. The van der Waals surface area contributed by atoms with E-state index in [-0.39, 0.29) is 5.41 Å². The summed E-state index contributed by atoms with van der Waals surface area (Å²) in [6, 6.07) is 0. The number of rotatable bonds is 2. The molecule has 0 bridgehead atoms. The number of ether oxygens (including phenoxy) is 2. The first kappa shape index (κ1) is 14.8. The van der Waals surface area contributed by atoms with E-state index in [1.54, 1.807) is 9.80 Å². The maximum absolute atomic E-state index is 5.48. The van der Waals surface area contributed by atoms with Crippen molar-refractivity contribution < 1.29 is 19.3 Å². The molecule has 108 valence electrons. The zero-order valence-corrected chi connectivity index (χ0v) is 12.6. The van der Waals surface area contributed by atoms with Crippen molar-refractivity contribution in [2.45, 2.75) is 26.9 Å². The molecule has 4 nitrogen and oxygen atoms in total. The molecular weight excluding hydrogens is 240 g/mol. The monoisotopic (exact) mass is 268 g/mol. The molecule has 0 unspecified atom stereocenters. The topological polar surface area (TPSA) is 27.3 Å². The summed E-state index contributed by atoms with van der Waals surface area (Å²) in [4.78, 5) is 3.17. The van der Waals surface area contributed by atoms with Crippen LogP contribution in [0.4, 0.5) is 0 Å². The third-order valence-electron chi connectivity index (χ3n) is 3.68. The number of morpholine rings is 2. The number of hydrogen-bond acceptors (Lipinski definition) is 2. The van der Waals surface area contributed by atoms with Crippen molar-refractivity contribution in [2.75, 3.05) is 52.6 Å². The fourth-order valence-corrected chi connectivity index (χ4v) is 2.63. The minimum atomic E-state index is 0.0791. The third kappa shape index (κ3) is 4.77. The maximum Gasteiger partial charge on any atom is 0.277 e. The minimum Gasteiger partial charge on any atom is -0.370 e. The summed E-state index contributed by atoms with van der Waals surface area (Å²) < 4.78 is 11.0. The summed E-state index contributed by atoms with van der Waals surface area (Å²) in [5, 5.41) is 0. The van der Waals surface area contributed by atoms with Gasteiger partial charge in [0.2, 0.25) is 0 Å². The van der Waals surface area contributed by atoms with Crippen LogP contribution in [0, 0.1) is 17.3 Å². The normalized spacial score (nSPS) is 23.2. The lowest BCUT2D eigenvalue weighted by Gasteiger charge is -2.34. The lowest BCUT2D eigenvalue weighted by molar-refractivity contribution is -1.11. The van der Waals surface area contributed by atoms with Crippen molar-refractivity contribution in [1.82, 2.24) is 0 Å². The van der Waals surface area contributed by atoms with Gasteiger partial charge in [-0.3, -0.25) is 9.80 Å². The van der Waals surface area contributed by atoms with E-state index in [1.807, 2.05) is 0 Å². The number of hydrogen-bond donors (Lipinski definition) is 2. The fourth-order valence-electron chi connectivity index (χ4n) is 2.63.